The summed E-state index contributed by atoms with van der Waals surface area (Å²) in [7, 11) is 1.77. The van der Waals surface area contributed by atoms with E-state index in [1.165, 1.54) is 11.6 Å². The van der Waals surface area contributed by atoms with E-state index in [0.717, 1.165) is 11.3 Å². The van der Waals surface area contributed by atoms with Gasteiger partial charge in [-0.3, -0.25) is 4.79 Å². The van der Waals surface area contributed by atoms with Crippen LogP contribution in [-0.4, -0.2) is 20.9 Å². The number of benzene rings is 1. The second kappa shape index (κ2) is 4.14. The van der Waals surface area contributed by atoms with E-state index in [9.17, 15) is 4.79 Å². The van der Waals surface area contributed by atoms with E-state index in [4.69, 9.17) is 0 Å². The Kier molecular flexibility index (Phi) is 2.68. The molecule has 81 valence electrons. The number of anilines is 1. The summed E-state index contributed by atoms with van der Waals surface area (Å²) in [5.41, 5.74) is 2.37. The summed E-state index contributed by atoms with van der Waals surface area (Å²) in [5.74, 6) is -0.0844. The Bertz CT molecular complexity index is 501. The second-order valence-electron chi connectivity index (χ2n) is 3.43. The van der Waals surface area contributed by atoms with Gasteiger partial charge in [0.25, 0.3) is 0 Å². The summed E-state index contributed by atoms with van der Waals surface area (Å²) in [6.45, 7) is 1.48. The van der Waals surface area contributed by atoms with Gasteiger partial charge >= 0.3 is 0 Å². The Labute approximate surface area is 93.1 Å². The molecule has 5 nitrogen and oxygen atoms in total. The fourth-order valence-electron chi connectivity index (χ4n) is 1.35. The van der Waals surface area contributed by atoms with Crippen molar-refractivity contribution in [1.29, 1.82) is 0 Å². The van der Waals surface area contributed by atoms with Gasteiger partial charge < -0.3 is 5.32 Å². The summed E-state index contributed by atoms with van der Waals surface area (Å²) in [5, 5.41) is 10.5. The van der Waals surface area contributed by atoms with Crippen LogP contribution in [0, 0.1) is 6.20 Å². The quantitative estimate of drug-likeness (QED) is 0.819. The van der Waals surface area contributed by atoms with Gasteiger partial charge in [0.05, 0.1) is 0 Å². The van der Waals surface area contributed by atoms with Crippen LogP contribution in [0.1, 0.15) is 6.92 Å². The Morgan fingerprint density at radius 2 is 2.06 bits per heavy atom. The van der Waals surface area contributed by atoms with Crippen molar-refractivity contribution in [3.05, 3.63) is 30.5 Å². The highest BCUT2D eigenvalue weighted by atomic mass is 16.1. The zero-order valence-corrected chi connectivity index (χ0v) is 9.06. The maximum Gasteiger partial charge on any atom is 0.221 e. The summed E-state index contributed by atoms with van der Waals surface area (Å²) in [6, 6.07) is 7.37. The van der Waals surface area contributed by atoms with E-state index in [-0.39, 0.29) is 5.91 Å². The summed E-state index contributed by atoms with van der Waals surface area (Å²) < 4.78 is 1.52. The molecule has 0 spiro atoms. The number of amides is 1. The molecule has 0 aliphatic carbocycles. The first-order chi connectivity index (χ1) is 7.65. The Morgan fingerprint density at radius 3 is 2.56 bits per heavy atom. The molecule has 1 N–H and O–H groups in total. The predicted molar refractivity (Wildman–Crippen MR) is 59.6 cm³/mol. The van der Waals surface area contributed by atoms with Gasteiger partial charge in [-0.1, -0.05) is 17.3 Å². The Balaban J connectivity index is 2.22. The maximum atomic E-state index is 10.8. The largest absolute Gasteiger partial charge is 0.326 e. The average Bonchev–Trinajstić information content (AvgIpc) is 2.65. The molecule has 0 aliphatic rings. The van der Waals surface area contributed by atoms with Crippen molar-refractivity contribution < 1.29 is 4.79 Å². The molecular formula is C11H11N4O. The van der Waals surface area contributed by atoms with E-state index < -0.39 is 0 Å². The van der Waals surface area contributed by atoms with Crippen molar-refractivity contribution in [2.24, 2.45) is 7.05 Å². The lowest BCUT2D eigenvalue weighted by Gasteiger charge is -2.01. The van der Waals surface area contributed by atoms with Crippen molar-refractivity contribution in [1.82, 2.24) is 15.0 Å². The van der Waals surface area contributed by atoms with Gasteiger partial charge in [0.2, 0.25) is 5.91 Å². The van der Waals surface area contributed by atoms with Crippen molar-refractivity contribution in [3.8, 4) is 11.3 Å². The smallest absolute Gasteiger partial charge is 0.221 e. The highest BCUT2D eigenvalue weighted by Crippen LogP contribution is 2.18. The molecule has 2 rings (SSSR count). The zero-order chi connectivity index (χ0) is 11.5. The monoisotopic (exact) mass is 215 g/mol. The highest BCUT2D eigenvalue weighted by Gasteiger charge is 2.03. The van der Waals surface area contributed by atoms with Gasteiger partial charge in [-0.05, 0) is 12.1 Å². The minimum atomic E-state index is -0.0844. The average molecular weight is 215 g/mol. The number of hydrogen-bond acceptors (Lipinski definition) is 3. The molecule has 5 heteroatoms. The molecule has 0 atom stereocenters. The van der Waals surface area contributed by atoms with Crippen LogP contribution in [0.2, 0.25) is 0 Å². The first kappa shape index (κ1) is 10.4. The Morgan fingerprint density at radius 1 is 1.38 bits per heavy atom. The molecule has 1 radical (unpaired) electrons. The van der Waals surface area contributed by atoms with Crippen molar-refractivity contribution >= 4 is 11.6 Å². The van der Waals surface area contributed by atoms with Crippen LogP contribution in [0.15, 0.2) is 24.3 Å². The number of aromatic nitrogens is 3. The fraction of sp³-hybridized carbons (Fsp3) is 0.182. The van der Waals surface area contributed by atoms with E-state index in [2.05, 4.69) is 21.8 Å². The minimum absolute atomic E-state index is 0.0844. The van der Waals surface area contributed by atoms with Crippen LogP contribution in [0.5, 0.6) is 0 Å². The molecule has 1 heterocycles. The van der Waals surface area contributed by atoms with Crippen LogP contribution < -0.4 is 5.32 Å². The standard InChI is InChI=1S/C11H11N4O/c1-8(16)12-10-5-3-9(4-6-10)11-7-15(2)14-13-11/h3-6H,1-2H3,(H,12,16). The predicted octanol–water partition coefficient (Wildman–Crippen LogP) is 1.24. The number of carbonyl (C=O) groups is 1. The number of nitrogens with one attached hydrogen (secondary N) is 1. The van der Waals surface area contributed by atoms with Crippen LogP contribution in [0.3, 0.4) is 0 Å². The summed E-state index contributed by atoms with van der Waals surface area (Å²) in [4.78, 5) is 10.8. The van der Waals surface area contributed by atoms with E-state index in [1.54, 1.807) is 7.05 Å². The lowest BCUT2D eigenvalue weighted by atomic mass is 10.1. The molecule has 0 unspecified atom stereocenters. The molecule has 0 fully saturated rings. The van der Waals surface area contributed by atoms with Gasteiger partial charge in [-0.25, -0.2) is 4.68 Å². The number of rotatable bonds is 2. The molecule has 1 aromatic heterocycles. The third-order valence-electron chi connectivity index (χ3n) is 2.03. The number of aryl methyl sites for hydroxylation is 1. The number of nitrogens with zero attached hydrogens (tertiary/aromatic N) is 3. The third-order valence-corrected chi connectivity index (χ3v) is 2.03. The SMILES string of the molecule is CC(=O)Nc1ccc(-c2[c]n(C)nn2)cc1. The van der Waals surface area contributed by atoms with Crippen LogP contribution in [-0.2, 0) is 11.8 Å². The molecule has 0 saturated carbocycles. The lowest BCUT2D eigenvalue weighted by Crippen LogP contribution is -2.05. The normalized spacial score (nSPS) is 10.1. The minimum Gasteiger partial charge on any atom is -0.326 e. The number of hydrogen-bond donors (Lipinski definition) is 1. The molecule has 16 heavy (non-hydrogen) atoms. The second-order valence-corrected chi connectivity index (χ2v) is 3.43. The maximum absolute atomic E-state index is 10.8. The highest BCUT2D eigenvalue weighted by molar-refractivity contribution is 5.88. The zero-order valence-electron chi connectivity index (χ0n) is 9.06. The topological polar surface area (TPSA) is 59.8 Å². The Hall–Kier alpha value is -2.17. The van der Waals surface area contributed by atoms with Crippen LogP contribution >= 0.6 is 0 Å². The van der Waals surface area contributed by atoms with Crippen LogP contribution in [0.25, 0.3) is 11.3 Å². The molecule has 0 aliphatic heterocycles. The summed E-state index contributed by atoms with van der Waals surface area (Å²) in [6.07, 6.45) is 2.96. The molecular weight excluding hydrogens is 204 g/mol. The van der Waals surface area contributed by atoms with Crippen molar-refractivity contribution in [2.75, 3.05) is 5.32 Å². The molecule has 0 bridgehead atoms. The van der Waals surface area contributed by atoms with Crippen molar-refractivity contribution in [3.63, 3.8) is 0 Å². The van der Waals surface area contributed by atoms with Crippen molar-refractivity contribution in [2.45, 2.75) is 6.92 Å². The summed E-state index contributed by atoms with van der Waals surface area (Å²) >= 11 is 0. The molecule has 2 aromatic rings. The van der Waals surface area contributed by atoms with Gasteiger partial charge in [-0.2, -0.15) is 0 Å². The van der Waals surface area contributed by atoms with E-state index in [0.29, 0.717) is 5.69 Å². The molecule has 0 saturated heterocycles. The molecule has 1 aromatic carbocycles. The molecule has 1 amide bonds. The first-order valence-electron chi connectivity index (χ1n) is 4.82. The van der Waals surface area contributed by atoms with Gasteiger partial charge in [0.1, 0.15) is 11.9 Å². The van der Waals surface area contributed by atoms with E-state index in [1.807, 2.05) is 24.3 Å². The van der Waals surface area contributed by atoms with Crippen LogP contribution in [0.4, 0.5) is 5.69 Å². The fourth-order valence-corrected chi connectivity index (χ4v) is 1.35. The number of carbonyl (C=O) groups excluding carboxylic acids is 1. The van der Waals surface area contributed by atoms with Gasteiger partial charge in [0, 0.05) is 25.2 Å². The van der Waals surface area contributed by atoms with Gasteiger partial charge in [0.15, 0.2) is 0 Å². The van der Waals surface area contributed by atoms with E-state index >= 15 is 0 Å². The van der Waals surface area contributed by atoms with Gasteiger partial charge in [-0.15, -0.1) is 5.10 Å². The third kappa shape index (κ3) is 2.25. The lowest BCUT2D eigenvalue weighted by molar-refractivity contribution is -0.114. The first-order valence-corrected chi connectivity index (χ1v) is 4.82.